The summed E-state index contributed by atoms with van der Waals surface area (Å²) in [5.41, 5.74) is -0.0718. The molecule has 1 saturated carbocycles. The highest BCUT2D eigenvalue weighted by Gasteiger charge is 2.26. The maximum atomic E-state index is 13.0. The van der Waals surface area contributed by atoms with Crippen molar-refractivity contribution in [3.05, 3.63) is 44.9 Å². The number of halogens is 2. The molecule has 7 heteroatoms. The zero-order chi connectivity index (χ0) is 17.4. The molecule has 0 aliphatic heterocycles. The molecule has 0 saturated heterocycles. The van der Waals surface area contributed by atoms with E-state index < -0.39 is 0 Å². The number of rotatable bonds is 6. The van der Waals surface area contributed by atoms with E-state index in [1.165, 1.54) is 6.07 Å². The highest BCUT2D eigenvalue weighted by Crippen LogP contribution is 2.35. The molecule has 24 heavy (non-hydrogen) atoms. The van der Waals surface area contributed by atoms with Crippen LogP contribution in [-0.4, -0.2) is 33.1 Å². The Morgan fingerprint density at radius 1 is 1.46 bits per heavy atom. The summed E-state index contributed by atoms with van der Waals surface area (Å²) in [4.78, 5) is 19.5. The Morgan fingerprint density at radius 2 is 2.17 bits per heavy atom. The molecule has 1 aromatic carbocycles. The molecule has 1 N–H and O–H groups in total. The van der Waals surface area contributed by atoms with E-state index in [0.29, 0.717) is 31.4 Å². The van der Waals surface area contributed by atoms with Crippen molar-refractivity contribution in [2.75, 3.05) is 13.6 Å². The molecule has 1 aliphatic rings. The van der Waals surface area contributed by atoms with Crippen LogP contribution in [0.15, 0.2) is 23.5 Å². The van der Waals surface area contributed by atoms with Gasteiger partial charge in [-0.05, 0) is 31.9 Å². The van der Waals surface area contributed by atoms with Crippen LogP contribution in [-0.2, 0) is 13.1 Å². The molecule has 128 valence electrons. The molecule has 0 radical (unpaired) electrons. The van der Waals surface area contributed by atoms with Gasteiger partial charge in [-0.3, -0.25) is 14.3 Å². The van der Waals surface area contributed by atoms with Gasteiger partial charge < -0.3 is 5.11 Å². The standard InChI is InChI=1S/C17H19Cl2N3O2/c1-3-6-21(2)9-13-20-15-14(11(18)7-12(19)16(15)23)17(24)22(13)8-10-4-5-10/h3,7,10,23H,1,4-6,8-9H2,2H3. The topological polar surface area (TPSA) is 58.4 Å². The molecular weight excluding hydrogens is 349 g/mol. The van der Waals surface area contributed by atoms with Crippen LogP contribution >= 0.6 is 23.2 Å². The van der Waals surface area contributed by atoms with Crippen molar-refractivity contribution in [3.63, 3.8) is 0 Å². The van der Waals surface area contributed by atoms with Crippen LogP contribution in [0.5, 0.6) is 5.75 Å². The molecule has 5 nitrogen and oxygen atoms in total. The number of benzene rings is 1. The second kappa shape index (κ2) is 6.75. The third-order valence-electron chi connectivity index (χ3n) is 4.18. The predicted molar refractivity (Wildman–Crippen MR) is 96.9 cm³/mol. The minimum Gasteiger partial charge on any atom is -0.504 e. The zero-order valence-corrected chi connectivity index (χ0v) is 14.9. The van der Waals surface area contributed by atoms with Crippen LogP contribution in [0.4, 0.5) is 0 Å². The Balaban J connectivity index is 2.21. The first-order valence-electron chi connectivity index (χ1n) is 7.82. The van der Waals surface area contributed by atoms with E-state index >= 15 is 0 Å². The third kappa shape index (κ3) is 3.29. The number of hydrogen-bond donors (Lipinski definition) is 1. The number of nitrogens with zero attached hydrogens (tertiary/aromatic N) is 3. The summed E-state index contributed by atoms with van der Waals surface area (Å²) in [6.07, 6.45) is 4.02. The van der Waals surface area contributed by atoms with E-state index in [9.17, 15) is 9.90 Å². The molecule has 0 amide bonds. The summed E-state index contributed by atoms with van der Waals surface area (Å²) in [5, 5.41) is 10.7. The van der Waals surface area contributed by atoms with Crippen molar-refractivity contribution in [2.45, 2.75) is 25.9 Å². The van der Waals surface area contributed by atoms with E-state index in [1.54, 1.807) is 10.6 Å². The first-order valence-corrected chi connectivity index (χ1v) is 8.57. The number of phenols is 1. The van der Waals surface area contributed by atoms with Crippen molar-refractivity contribution in [1.29, 1.82) is 0 Å². The fourth-order valence-corrected chi connectivity index (χ4v) is 3.28. The van der Waals surface area contributed by atoms with Crippen molar-refractivity contribution in [2.24, 2.45) is 5.92 Å². The Kier molecular flexibility index (Phi) is 4.85. The van der Waals surface area contributed by atoms with Gasteiger partial charge in [0.2, 0.25) is 0 Å². The number of phenolic OH excluding ortho intramolecular Hbond substituents is 1. The maximum absolute atomic E-state index is 13.0. The molecule has 0 spiro atoms. The van der Waals surface area contributed by atoms with Crippen molar-refractivity contribution >= 4 is 34.1 Å². The van der Waals surface area contributed by atoms with Crippen LogP contribution in [0.3, 0.4) is 0 Å². The van der Waals surface area contributed by atoms with Gasteiger partial charge in [0, 0.05) is 13.1 Å². The van der Waals surface area contributed by atoms with Crippen molar-refractivity contribution in [1.82, 2.24) is 14.5 Å². The molecule has 0 unspecified atom stereocenters. The lowest BCUT2D eigenvalue weighted by Crippen LogP contribution is -2.30. The molecular formula is C17H19Cl2N3O2. The minimum absolute atomic E-state index is 0.0877. The Labute approximate surface area is 150 Å². The van der Waals surface area contributed by atoms with Gasteiger partial charge in [-0.1, -0.05) is 29.3 Å². The van der Waals surface area contributed by atoms with E-state index in [2.05, 4.69) is 11.6 Å². The van der Waals surface area contributed by atoms with Gasteiger partial charge in [0.25, 0.3) is 5.56 Å². The maximum Gasteiger partial charge on any atom is 0.263 e. The first kappa shape index (κ1) is 17.3. The van der Waals surface area contributed by atoms with E-state index in [-0.39, 0.29) is 32.3 Å². The summed E-state index contributed by atoms with van der Waals surface area (Å²) in [5.74, 6) is 0.891. The van der Waals surface area contributed by atoms with Gasteiger partial charge in [-0.2, -0.15) is 0 Å². The second-order valence-corrected chi connectivity index (χ2v) is 7.10. The van der Waals surface area contributed by atoms with Crippen molar-refractivity contribution < 1.29 is 5.11 Å². The van der Waals surface area contributed by atoms with Gasteiger partial charge >= 0.3 is 0 Å². The predicted octanol–water partition coefficient (Wildman–Crippen LogP) is 3.44. The van der Waals surface area contributed by atoms with Gasteiger partial charge in [-0.15, -0.1) is 6.58 Å². The minimum atomic E-state index is -0.231. The normalized spacial score (nSPS) is 14.5. The quantitative estimate of drug-likeness (QED) is 0.794. The van der Waals surface area contributed by atoms with Gasteiger partial charge in [0.05, 0.1) is 22.0 Å². The molecule has 1 fully saturated rings. The number of likely N-dealkylation sites (N-methyl/N-ethyl adjacent to an activating group) is 1. The lowest BCUT2D eigenvalue weighted by atomic mass is 10.2. The molecule has 0 atom stereocenters. The highest BCUT2D eigenvalue weighted by atomic mass is 35.5. The Bertz CT molecular complexity index is 859. The van der Waals surface area contributed by atoms with E-state index in [4.69, 9.17) is 23.2 Å². The monoisotopic (exact) mass is 367 g/mol. The van der Waals surface area contributed by atoms with Crippen molar-refractivity contribution in [3.8, 4) is 5.75 Å². The van der Waals surface area contributed by atoms with Crippen LogP contribution < -0.4 is 5.56 Å². The molecule has 1 aromatic heterocycles. The zero-order valence-electron chi connectivity index (χ0n) is 13.4. The van der Waals surface area contributed by atoms with E-state index in [1.807, 2.05) is 11.9 Å². The average molecular weight is 368 g/mol. The smallest absolute Gasteiger partial charge is 0.263 e. The summed E-state index contributed by atoms with van der Waals surface area (Å²) < 4.78 is 1.68. The number of aromatic hydroxyl groups is 1. The number of fused-ring (bicyclic) bond motifs is 1. The summed E-state index contributed by atoms with van der Waals surface area (Å²) in [6.45, 7) is 5.48. The summed E-state index contributed by atoms with van der Waals surface area (Å²) in [7, 11) is 1.92. The molecule has 0 bridgehead atoms. The van der Waals surface area contributed by atoms with Crippen LogP contribution in [0.2, 0.25) is 10.0 Å². The second-order valence-electron chi connectivity index (χ2n) is 6.29. The summed E-state index contributed by atoms with van der Waals surface area (Å²) in [6, 6.07) is 1.38. The molecule has 3 rings (SSSR count). The van der Waals surface area contributed by atoms with Gasteiger partial charge in [-0.25, -0.2) is 4.98 Å². The van der Waals surface area contributed by atoms with Gasteiger partial charge in [0.1, 0.15) is 11.3 Å². The number of aromatic nitrogens is 2. The fourth-order valence-electron chi connectivity index (χ4n) is 2.74. The van der Waals surface area contributed by atoms with Crippen LogP contribution in [0.25, 0.3) is 10.9 Å². The molecule has 1 aliphatic carbocycles. The summed E-state index contributed by atoms with van der Waals surface area (Å²) >= 11 is 12.2. The van der Waals surface area contributed by atoms with Gasteiger partial charge in [0.15, 0.2) is 5.75 Å². The SMILES string of the molecule is C=CCN(C)Cc1nc2c(O)c(Cl)cc(Cl)c2c(=O)n1CC1CC1. The highest BCUT2D eigenvalue weighted by molar-refractivity contribution is 6.39. The van der Waals surface area contributed by atoms with Crippen LogP contribution in [0.1, 0.15) is 18.7 Å². The molecule has 1 heterocycles. The fraction of sp³-hybridized carbons (Fsp3) is 0.412. The third-order valence-corrected chi connectivity index (χ3v) is 4.77. The Morgan fingerprint density at radius 3 is 2.79 bits per heavy atom. The average Bonchev–Trinajstić information content (AvgIpc) is 3.32. The van der Waals surface area contributed by atoms with Crippen LogP contribution in [0, 0.1) is 5.92 Å². The lowest BCUT2D eigenvalue weighted by Gasteiger charge is -2.19. The molecule has 2 aromatic rings. The van der Waals surface area contributed by atoms with E-state index in [0.717, 1.165) is 12.8 Å². The first-order chi connectivity index (χ1) is 11.4. The Hall–Kier alpha value is -1.56. The lowest BCUT2D eigenvalue weighted by molar-refractivity contribution is 0.340. The number of hydrogen-bond acceptors (Lipinski definition) is 4. The largest absolute Gasteiger partial charge is 0.504 e.